The van der Waals surface area contributed by atoms with Crippen molar-refractivity contribution in [3.8, 4) is 0 Å². The van der Waals surface area contributed by atoms with Crippen molar-refractivity contribution >= 4 is 22.5 Å². The molecule has 0 aromatic carbocycles. The van der Waals surface area contributed by atoms with Crippen LogP contribution in [0, 0.1) is 13.8 Å². The number of aryl methyl sites for hydroxylation is 2. The maximum absolute atomic E-state index is 12.3. The van der Waals surface area contributed by atoms with Crippen molar-refractivity contribution in [2.24, 2.45) is 0 Å². The molecule has 3 rings (SSSR count). The second kappa shape index (κ2) is 7.94. The second-order valence-electron chi connectivity index (χ2n) is 6.02. The van der Waals surface area contributed by atoms with E-state index < -0.39 is 0 Å². The third kappa shape index (κ3) is 4.56. The lowest BCUT2D eigenvalue weighted by atomic mass is 10.3. The van der Waals surface area contributed by atoms with E-state index in [2.05, 4.69) is 20.2 Å². The highest BCUT2D eigenvalue weighted by molar-refractivity contribution is 7.13. The zero-order valence-electron chi connectivity index (χ0n) is 14.7. The molecule has 9 heteroatoms. The topological polar surface area (TPSA) is 83.7 Å². The highest BCUT2D eigenvalue weighted by Crippen LogP contribution is 2.17. The summed E-state index contributed by atoms with van der Waals surface area (Å²) < 4.78 is 10.7. The summed E-state index contributed by atoms with van der Waals surface area (Å²) in [5.41, 5.74) is 1.76. The minimum atomic E-state index is -0.110. The molecule has 1 saturated heterocycles. The number of urea groups is 1. The maximum atomic E-state index is 12.3. The fraction of sp³-hybridized carbons (Fsp3) is 0.562. The molecule has 1 aliphatic heterocycles. The molecule has 0 unspecified atom stereocenters. The number of hydrogen-bond acceptors (Lipinski definition) is 7. The van der Waals surface area contributed by atoms with E-state index in [1.54, 1.807) is 12.0 Å². The summed E-state index contributed by atoms with van der Waals surface area (Å²) in [6.07, 6.45) is 0. The van der Waals surface area contributed by atoms with Crippen molar-refractivity contribution in [1.29, 1.82) is 0 Å². The van der Waals surface area contributed by atoms with Crippen molar-refractivity contribution < 1.29 is 13.9 Å². The van der Waals surface area contributed by atoms with Crippen LogP contribution >= 0.6 is 11.3 Å². The first-order valence-corrected chi connectivity index (χ1v) is 9.07. The monoisotopic (exact) mass is 365 g/mol. The van der Waals surface area contributed by atoms with Gasteiger partial charge in [-0.15, -0.1) is 11.3 Å². The summed E-state index contributed by atoms with van der Waals surface area (Å²) in [6.45, 7) is 7.91. The summed E-state index contributed by atoms with van der Waals surface area (Å²) >= 11 is 1.41. The smallest absolute Gasteiger partial charge is 0.323 e. The number of anilines is 1. The molecule has 0 radical (unpaired) electrons. The van der Waals surface area contributed by atoms with Crippen molar-refractivity contribution in [3.05, 3.63) is 28.4 Å². The largest absolute Gasteiger partial charge is 0.444 e. The van der Waals surface area contributed by atoms with Gasteiger partial charge in [-0.05, 0) is 13.8 Å². The van der Waals surface area contributed by atoms with Gasteiger partial charge in [0.2, 0.25) is 5.89 Å². The first-order chi connectivity index (χ1) is 12.0. The molecule has 1 aliphatic rings. The molecular weight excluding hydrogens is 342 g/mol. The zero-order chi connectivity index (χ0) is 17.8. The first-order valence-electron chi connectivity index (χ1n) is 8.19. The van der Waals surface area contributed by atoms with Gasteiger partial charge in [0, 0.05) is 38.7 Å². The lowest BCUT2D eigenvalue weighted by Gasteiger charge is -2.33. The number of carbonyl (C=O) groups excluding carboxylic acids is 1. The number of rotatable bonds is 5. The third-order valence-electron chi connectivity index (χ3n) is 4.15. The molecule has 25 heavy (non-hydrogen) atoms. The third-order valence-corrected chi connectivity index (χ3v) is 4.96. The van der Waals surface area contributed by atoms with Crippen LogP contribution in [-0.2, 0) is 17.9 Å². The summed E-state index contributed by atoms with van der Waals surface area (Å²) in [6, 6.07) is -0.110. The van der Waals surface area contributed by atoms with Gasteiger partial charge in [-0.1, -0.05) is 0 Å². The molecule has 1 fully saturated rings. The summed E-state index contributed by atoms with van der Waals surface area (Å²) in [5, 5.41) is 5.34. The van der Waals surface area contributed by atoms with Gasteiger partial charge in [-0.25, -0.2) is 14.8 Å². The fourth-order valence-corrected chi connectivity index (χ4v) is 3.34. The molecule has 2 amide bonds. The predicted molar refractivity (Wildman–Crippen MR) is 94.7 cm³/mol. The van der Waals surface area contributed by atoms with Crippen LogP contribution < -0.4 is 5.32 Å². The lowest BCUT2D eigenvalue weighted by Crippen LogP contribution is -2.49. The number of methoxy groups -OCH3 is 1. The van der Waals surface area contributed by atoms with Crippen molar-refractivity contribution in [1.82, 2.24) is 19.8 Å². The molecule has 0 atom stereocenters. The zero-order valence-corrected chi connectivity index (χ0v) is 15.6. The molecule has 136 valence electrons. The molecule has 3 heterocycles. The molecule has 8 nitrogen and oxygen atoms in total. The Kier molecular flexibility index (Phi) is 5.67. The molecular formula is C16H23N5O3S. The molecule has 2 aromatic heterocycles. The number of oxazole rings is 1. The van der Waals surface area contributed by atoms with Crippen molar-refractivity contribution in [2.45, 2.75) is 27.0 Å². The van der Waals surface area contributed by atoms with Crippen LogP contribution in [0.15, 0.2) is 9.80 Å². The normalized spacial score (nSPS) is 15.6. The number of nitrogens with one attached hydrogen (secondary N) is 1. The van der Waals surface area contributed by atoms with Gasteiger partial charge in [-0.2, -0.15) is 0 Å². The number of thiazole rings is 1. The van der Waals surface area contributed by atoms with E-state index in [9.17, 15) is 4.79 Å². The SMILES string of the molecule is COCc1csc(NC(=O)N2CCN(Cc3nc(C)c(C)o3)CC2)n1. The summed E-state index contributed by atoms with van der Waals surface area (Å²) in [5.74, 6) is 1.60. The number of carbonyl (C=O) groups is 1. The molecule has 0 saturated carbocycles. The fourth-order valence-electron chi connectivity index (χ4n) is 2.66. The number of piperazine rings is 1. The highest BCUT2D eigenvalue weighted by atomic mass is 32.1. The standard InChI is InChI=1S/C16H23N5O3S/c1-11-12(2)24-14(17-11)8-20-4-6-21(7-5-20)16(22)19-15-18-13(9-23-3)10-25-15/h10H,4-9H2,1-3H3,(H,18,19,22). The van der Waals surface area contributed by atoms with Gasteiger partial charge in [0.05, 0.1) is 24.5 Å². The molecule has 1 N–H and O–H groups in total. The Hall–Kier alpha value is -1.97. The van der Waals surface area contributed by atoms with E-state index in [0.29, 0.717) is 31.4 Å². The summed E-state index contributed by atoms with van der Waals surface area (Å²) in [4.78, 5) is 25.1. The number of aromatic nitrogens is 2. The van der Waals surface area contributed by atoms with E-state index >= 15 is 0 Å². The van der Waals surface area contributed by atoms with E-state index in [1.807, 2.05) is 19.2 Å². The molecule has 0 aliphatic carbocycles. The van der Waals surface area contributed by atoms with Crippen LogP contribution in [-0.4, -0.2) is 59.1 Å². The lowest BCUT2D eigenvalue weighted by molar-refractivity contribution is 0.135. The number of ether oxygens (including phenoxy) is 1. The second-order valence-corrected chi connectivity index (χ2v) is 6.88. The number of hydrogen-bond donors (Lipinski definition) is 1. The Balaban J connectivity index is 1.46. The average Bonchev–Trinajstić information content (AvgIpc) is 3.15. The van der Waals surface area contributed by atoms with Gasteiger partial charge in [0.25, 0.3) is 0 Å². The van der Waals surface area contributed by atoms with Crippen LogP contribution in [0.2, 0.25) is 0 Å². The number of amides is 2. The van der Waals surface area contributed by atoms with Crippen molar-refractivity contribution in [3.63, 3.8) is 0 Å². The van der Waals surface area contributed by atoms with Crippen LogP contribution in [0.1, 0.15) is 23.0 Å². The Morgan fingerprint density at radius 1 is 1.32 bits per heavy atom. The highest BCUT2D eigenvalue weighted by Gasteiger charge is 2.23. The van der Waals surface area contributed by atoms with Crippen molar-refractivity contribution in [2.75, 3.05) is 38.6 Å². The molecule has 2 aromatic rings. The predicted octanol–water partition coefficient (Wildman–Crippen LogP) is 2.24. The maximum Gasteiger partial charge on any atom is 0.323 e. The summed E-state index contributed by atoms with van der Waals surface area (Å²) in [7, 11) is 1.62. The van der Waals surface area contributed by atoms with E-state index in [4.69, 9.17) is 9.15 Å². The first kappa shape index (κ1) is 17.8. The van der Waals surface area contributed by atoms with Gasteiger partial charge in [-0.3, -0.25) is 10.2 Å². The number of nitrogens with zero attached hydrogens (tertiary/aromatic N) is 4. The minimum Gasteiger partial charge on any atom is -0.444 e. The quantitative estimate of drug-likeness (QED) is 0.875. The Morgan fingerprint density at radius 2 is 2.08 bits per heavy atom. The molecule has 0 bridgehead atoms. The van der Waals surface area contributed by atoms with E-state index in [-0.39, 0.29) is 6.03 Å². The molecule has 0 spiro atoms. The van der Waals surface area contributed by atoms with Gasteiger partial charge in [0.15, 0.2) is 5.13 Å². The van der Waals surface area contributed by atoms with Crippen LogP contribution in [0.5, 0.6) is 0 Å². The van der Waals surface area contributed by atoms with E-state index in [0.717, 1.165) is 36.1 Å². The Morgan fingerprint density at radius 3 is 2.72 bits per heavy atom. The Labute approximate surface area is 150 Å². The van der Waals surface area contributed by atoms with Crippen LogP contribution in [0.3, 0.4) is 0 Å². The van der Waals surface area contributed by atoms with Crippen LogP contribution in [0.25, 0.3) is 0 Å². The average molecular weight is 365 g/mol. The Bertz CT molecular complexity index is 702. The van der Waals surface area contributed by atoms with Gasteiger partial charge >= 0.3 is 6.03 Å². The van der Waals surface area contributed by atoms with E-state index in [1.165, 1.54) is 11.3 Å². The minimum absolute atomic E-state index is 0.110. The van der Waals surface area contributed by atoms with Gasteiger partial charge < -0.3 is 14.1 Å². The van der Waals surface area contributed by atoms with Gasteiger partial charge in [0.1, 0.15) is 5.76 Å². The van der Waals surface area contributed by atoms with Crippen LogP contribution in [0.4, 0.5) is 9.93 Å².